The lowest BCUT2D eigenvalue weighted by molar-refractivity contribution is -0.166. The van der Waals surface area contributed by atoms with Crippen LogP contribution in [0.25, 0.3) is 6.08 Å². The predicted molar refractivity (Wildman–Crippen MR) is 77.5 cm³/mol. The second-order valence-corrected chi connectivity index (χ2v) is 6.55. The van der Waals surface area contributed by atoms with E-state index >= 15 is 0 Å². The number of ether oxygens (including phenoxy) is 1. The summed E-state index contributed by atoms with van der Waals surface area (Å²) in [7, 11) is 0. The molecular formula is C13H10Br2F3NO2. The van der Waals surface area contributed by atoms with Crippen LogP contribution >= 0.6 is 31.9 Å². The number of rotatable bonds is 2. The molecule has 0 saturated carbocycles. The Bertz CT molecular complexity index is 690. The predicted octanol–water partition coefficient (Wildman–Crippen LogP) is 2.49. The highest BCUT2D eigenvalue weighted by molar-refractivity contribution is 9.10. The van der Waals surface area contributed by atoms with Gasteiger partial charge in [-0.15, -0.1) is 0 Å². The molecule has 2 unspecified atom stereocenters. The molecule has 2 atom stereocenters. The third kappa shape index (κ3) is 3.01. The van der Waals surface area contributed by atoms with Crippen LogP contribution in [0.15, 0.2) is 27.7 Å². The van der Waals surface area contributed by atoms with E-state index in [9.17, 15) is 18.0 Å². The zero-order valence-corrected chi connectivity index (χ0v) is 13.9. The Kier molecular flexibility index (Phi) is 4.49. The summed E-state index contributed by atoms with van der Waals surface area (Å²) >= 11 is 6.15. The van der Waals surface area contributed by atoms with E-state index in [0.717, 1.165) is 0 Å². The summed E-state index contributed by atoms with van der Waals surface area (Å²) in [4.78, 5) is 15.7. The Balaban J connectivity index is 2.72. The number of alkyl halides is 4. The Labute approximate surface area is 135 Å². The molecule has 2 rings (SSSR count). The third-order valence-electron chi connectivity index (χ3n) is 2.95. The summed E-state index contributed by atoms with van der Waals surface area (Å²) in [5.74, 6) is -1.02. The van der Waals surface area contributed by atoms with E-state index in [4.69, 9.17) is 4.74 Å². The van der Waals surface area contributed by atoms with E-state index < -0.39 is 22.5 Å². The summed E-state index contributed by atoms with van der Waals surface area (Å²) in [6, 6.07) is 2.47. The van der Waals surface area contributed by atoms with E-state index in [0.29, 0.717) is 9.69 Å². The highest BCUT2D eigenvalue weighted by Crippen LogP contribution is 2.39. The highest BCUT2D eigenvalue weighted by Gasteiger charge is 2.57. The molecule has 1 aliphatic heterocycles. The second-order valence-electron chi connectivity index (χ2n) is 4.38. The van der Waals surface area contributed by atoms with Crippen molar-refractivity contribution in [3.63, 3.8) is 0 Å². The number of carbonyl (C=O) groups excluding carboxylic acids is 1. The maximum Gasteiger partial charge on any atom is 0.413 e. The van der Waals surface area contributed by atoms with Crippen molar-refractivity contribution in [2.75, 3.05) is 6.61 Å². The monoisotopic (exact) mass is 427 g/mol. The van der Waals surface area contributed by atoms with Gasteiger partial charge in [0.2, 0.25) is 0 Å². The molecule has 0 aromatic heterocycles. The molecule has 8 heteroatoms. The van der Waals surface area contributed by atoms with Crippen LogP contribution in [0.5, 0.6) is 0 Å². The largest absolute Gasteiger partial charge is 0.465 e. The Morgan fingerprint density at radius 1 is 1.48 bits per heavy atom. The zero-order valence-electron chi connectivity index (χ0n) is 10.7. The number of nitrogens with zero attached hydrogens (tertiary/aromatic N) is 1. The van der Waals surface area contributed by atoms with Gasteiger partial charge in [-0.3, -0.25) is 9.79 Å². The SMILES string of the molecule is CCOC(=O)C1(Br)C=c2c(Br)cccc2=NC1C(F)(F)F. The van der Waals surface area contributed by atoms with Gasteiger partial charge in [0.25, 0.3) is 0 Å². The van der Waals surface area contributed by atoms with E-state index in [-0.39, 0.29) is 12.0 Å². The molecule has 0 bridgehead atoms. The first-order valence-electron chi connectivity index (χ1n) is 5.98. The first-order valence-corrected chi connectivity index (χ1v) is 7.57. The van der Waals surface area contributed by atoms with E-state index in [2.05, 4.69) is 36.9 Å². The minimum atomic E-state index is -4.69. The fourth-order valence-corrected chi connectivity index (χ4v) is 3.20. The van der Waals surface area contributed by atoms with Crippen molar-refractivity contribution in [2.45, 2.75) is 23.5 Å². The lowest BCUT2D eigenvalue weighted by atomic mass is 9.95. The first kappa shape index (κ1) is 16.5. The minimum Gasteiger partial charge on any atom is -0.465 e. The second kappa shape index (κ2) is 5.72. The number of hydrogen-bond donors (Lipinski definition) is 0. The fraction of sp³-hybridized carbons (Fsp3) is 0.385. The Hall–Kier alpha value is -0.890. The normalized spacial score (nSPS) is 24.6. The van der Waals surface area contributed by atoms with Gasteiger partial charge in [0.15, 0.2) is 10.4 Å². The van der Waals surface area contributed by atoms with Crippen molar-refractivity contribution >= 4 is 43.9 Å². The molecule has 114 valence electrons. The number of halogens is 5. The van der Waals surface area contributed by atoms with Crippen LogP contribution in [0.1, 0.15) is 6.92 Å². The van der Waals surface area contributed by atoms with Gasteiger partial charge >= 0.3 is 12.1 Å². The van der Waals surface area contributed by atoms with Gasteiger partial charge in [-0.2, -0.15) is 13.2 Å². The highest BCUT2D eigenvalue weighted by atomic mass is 79.9. The quantitative estimate of drug-likeness (QED) is 0.536. The van der Waals surface area contributed by atoms with Crippen molar-refractivity contribution in [1.29, 1.82) is 0 Å². The first-order chi connectivity index (χ1) is 9.70. The van der Waals surface area contributed by atoms with Gasteiger partial charge in [0.1, 0.15) is 0 Å². The lowest BCUT2D eigenvalue weighted by Gasteiger charge is -2.31. The summed E-state index contributed by atoms with van der Waals surface area (Å²) in [6.07, 6.45) is -3.48. The third-order valence-corrected chi connectivity index (χ3v) is 4.63. The van der Waals surface area contributed by atoms with Crippen LogP contribution in [-0.2, 0) is 9.53 Å². The molecular weight excluding hydrogens is 419 g/mol. The van der Waals surface area contributed by atoms with E-state index in [1.54, 1.807) is 12.1 Å². The summed E-state index contributed by atoms with van der Waals surface area (Å²) < 4.78 is 43.1. The smallest absolute Gasteiger partial charge is 0.413 e. The van der Waals surface area contributed by atoms with Crippen molar-refractivity contribution < 1.29 is 22.7 Å². The molecule has 1 aromatic carbocycles. The molecule has 1 heterocycles. The topological polar surface area (TPSA) is 38.7 Å². The van der Waals surface area contributed by atoms with Gasteiger partial charge in [-0.05, 0) is 25.1 Å². The number of benzene rings is 1. The molecule has 0 N–H and O–H groups in total. The number of esters is 1. The molecule has 1 aliphatic rings. The molecule has 3 nitrogen and oxygen atoms in total. The molecule has 0 aliphatic carbocycles. The van der Waals surface area contributed by atoms with Crippen LogP contribution in [0.3, 0.4) is 0 Å². The molecule has 0 saturated heterocycles. The van der Waals surface area contributed by atoms with Gasteiger partial charge in [0, 0.05) is 9.69 Å². The van der Waals surface area contributed by atoms with E-state index in [1.165, 1.54) is 19.1 Å². The standard InChI is InChI=1S/C13H10Br2F3NO2/c1-2-21-11(20)12(15)6-7-8(14)4-3-5-9(7)19-10(12)13(16,17)18/h3-6,10H,2H2,1H3. The average Bonchev–Trinajstić information content (AvgIpc) is 2.38. The van der Waals surface area contributed by atoms with Crippen molar-refractivity contribution in [2.24, 2.45) is 4.99 Å². The number of hydrogen-bond acceptors (Lipinski definition) is 3. The Morgan fingerprint density at radius 2 is 2.14 bits per heavy atom. The van der Waals surface area contributed by atoms with Crippen LogP contribution < -0.4 is 10.6 Å². The summed E-state index contributed by atoms with van der Waals surface area (Å²) in [6.45, 7) is 1.51. The van der Waals surface area contributed by atoms with Crippen LogP contribution in [0.4, 0.5) is 13.2 Å². The molecule has 0 radical (unpaired) electrons. The Morgan fingerprint density at radius 3 is 2.71 bits per heavy atom. The zero-order chi connectivity index (χ0) is 15.8. The van der Waals surface area contributed by atoms with Crippen LogP contribution in [0.2, 0.25) is 0 Å². The van der Waals surface area contributed by atoms with Crippen molar-refractivity contribution in [3.05, 3.63) is 33.2 Å². The maximum absolute atomic E-state index is 13.3. The fourth-order valence-electron chi connectivity index (χ4n) is 2.03. The molecule has 21 heavy (non-hydrogen) atoms. The van der Waals surface area contributed by atoms with Crippen molar-refractivity contribution in [3.8, 4) is 0 Å². The molecule has 0 spiro atoms. The van der Waals surface area contributed by atoms with Gasteiger partial charge in [-0.25, -0.2) is 0 Å². The molecule has 1 aromatic rings. The number of fused-ring (bicyclic) bond motifs is 1. The van der Waals surface area contributed by atoms with Gasteiger partial charge < -0.3 is 4.74 Å². The van der Waals surface area contributed by atoms with Crippen molar-refractivity contribution in [1.82, 2.24) is 0 Å². The number of carbonyl (C=O) groups is 1. The van der Waals surface area contributed by atoms with Crippen LogP contribution in [0, 0.1) is 0 Å². The molecule has 0 fully saturated rings. The average molecular weight is 429 g/mol. The lowest BCUT2D eigenvalue weighted by Crippen LogP contribution is -2.55. The van der Waals surface area contributed by atoms with Gasteiger partial charge in [0.05, 0.1) is 12.0 Å². The molecule has 0 amide bonds. The van der Waals surface area contributed by atoms with Crippen LogP contribution in [-0.4, -0.2) is 29.1 Å². The maximum atomic E-state index is 13.3. The van der Waals surface area contributed by atoms with Gasteiger partial charge in [-0.1, -0.05) is 37.9 Å². The summed E-state index contributed by atoms with van der Waals surface area (Å²) in [5, 5.41) is 0.592. The minimum absolute atomic E-state index is 0.0204. The summed E-state index contributed by atoms with van der Waals surface area (Å²) in [5.41, 5.74) is 0. The van der Waals surface area contributed by atoms with E-state index in [1.807, 2.05) is 0 Å².